The lowest BCUT2D eigenvalue weighted by molar-refractivity contribution is 1.10. The van der Waals surface area contributed by atoms with Gasteiger partial charge in [-0.15, -0.1) is 11.8 Å². The SMILES string of the molecule is CC(C)Sc1ccccc1-c1nccc(N)n1. The van der Waals surface area contributed by atoms with Gasteiger partial charge in [0, 0.05) is 21.9 Å². The Kier molecular flexibility index (Phi) is 3.64. The summed E-state index contributed by atoms with van der Waals surface area (Å²) < 4.78 is 0. The van der Waals surface area contributed by atoms with Crippen LogP contribution in [0.5, 0.6) is 0 Å². The normalized spacial score (nSPS) is 10.8. The van der Waals surface area contributed by atoms with Gasteiger partial charge in [0.2, 0.25) is 0 Å². The van der Waals surface area contributed by atoms with Crippen LogP contribution < -0.4 is 5.73 Å². The number of nitrogens with zero attached hydrogens (tertiary/aromatic N) is 2. The van der Waals surface area contributed by atoms with Gasteiger partial charge in [-0.3, -0.25) is 0 Å². The van der Waals surface area contributed by atoms with Crippen LogP contribution in [0.15, 0.2) is 41.4 Å². The van der Waals surface area contributed by atoms with E-state index >= 15 is 0 Å². The Morgan fingerprint density at radius 3 is 2.65 bits per heavy atom. The van der Waals surface area contributed by atoms with Crippen LogP contribution in [0.2, 0.25) is 0 Å². The van der Waals surface area contributed by atoms with Gasteiger partial charge in [0.1, 0.15) is 5.82 Å². The zero-order chi connectivity index (χ0) is 12.3. The minimum absolute atomic E-state index is 0.499. The van der Waals surface area contributed by atoms with Crippen LogP contribution in [-0.2, 0) is 0 Å². The van der Waals surface area contributed by atoms with Crippen molar-refractivity contribution in [2.75, 3.05) is 5.73 Å². The van der Waals surface area contributed by atoms with Crippen molar-refractivity contribution in [3.8, 4) is 11.4 Å². The molecule has 0 saturated heterocycles. The van der Waals surface area contributed by atoms with E-state index in [0.29, 0.717) is 16.9 Å². The standard InChI is InChI=1S/C13H15N3S/c1-9(2)17-11-6-4-3-5-10(11)13-15-8-7-12(14)16-13/h3-9H,1-2H3,(H2,14,15,16). The second-order valence-corrected chi connectivity index (χ2v) is 5.59. The van der Waals surface area contributed by atoms with Crippen molar-refractivity contribution in [1.82, 2.24) is 9.97 Å². The van der Waals surface area contributed by atoms with E-state index in [-0.39, 0.29) is 0 Å². The van der Waals surface area contributed by atoms with Crippen molar-refractivity contribution in [1.29, 1.82) is 0 Å². The summed E-state index contributed by atoms with van der Waals surface area (Å²) in [6.45, 7) is 4.34. The van der Waals surface area contributed by atoms with Gasteiger partial charge in [-0.2, -0.15) is 0 Å². The fourth-order valence-corrected chi connectivity index (χ4v) is 2.46. The fraction of sp³-hybridized carbons (Fsp3) is 0.231. The van der Waals surface area contributed by atoms with Crippen molar-refractivity contribution in [2.45, 2.75) is 24.0 Å². The van der Waals surface area contributed by atoms with Crippen LogP contribution in [0.3, 0.4) is 0 Å². The molecule has 0 aliphatic carbocycles. The van der Waals surface area contributed by atoms with Crippen molar-refractivity contribution in [3.05, 3.63) is 36.5 Å². The molecule has 0 aliphatic heterocycles. The van der Waals surface area contributed by atoms with E-state index in [4.69, 9.17) is 5.73 Å². The number of benzene rings is 1. The smallest absolute Gasteiger partial charge is 0.162 e. The van der Waals surface area contributed by atoms with E-state index < -0.39 is 0 Å². The second kappa shape index (κ2) is 5.19. The summed E-state index contributed by atoms with van der Waals surface area (Å²) in [4.78, 5) is 9.73. The first-order valence-corrected chi connectivity index (χ1v) is 6.39. The Hall–Kier alpha value is -1.55. The molecule has 1 heterocycles. The fourth-order valence-electron chi connectivity index (χ4n) is 1.51. The maximum atomic E-state index is 5.69. The molecule has 0 saturated carbocycles. The number of hydrogen-bond donors (Lipinski definition) is 1. The molecule has 1 aromatic heterocycles. The summed E-state index contributed by atoms with van der Waals surface area (Å²) in [6.07, 6.45) is 1.69. The van der Waals surface area contributed by atoms with Gasteiger partial charge in [0.05, 0.1) is 0 Å². The zero-order valence-electron chi connectivity index (χ0n) is 9.92. The van der Waals surface area contributed by atoms with Gasteiger partial charge in [-0.25, -0.2) is 9.97 Å². The molecule has 0 amide bonds. The minimum atomic E-state index is 0.499. The number of aromatic nitrogens is 2. The van der Waals surface area contributed by atoms with Gasteiger partial charge in [-0.1, -0.05) is 32.0 Å². The molecule has 0 aliphatic rings. The minimum Gasteiger partial charge on any atom is -0.384 e. The van der Waals surface area contributed by atoms with E-state index in [0.717, 1.165) is 5.56 Å². The summed E-state index contributed by atoms with van der Waals surface area (Å²) in [6, 6.07) is 9.83. The van der Waals surface area contributed by atoms with E-state index in [1.165, 1.54) is 4.90 Å². The third-order valence-electron chi connectivity index (χ3n) is 2.17. The summed E-state index contributed by atoms with van der Waals surface area (Å²) in [5, 5.41) is 0.525. The molecular weight excluding hydrogens is 230 g/mol. The predicted molar refractivity (Wildman–Crippen MR) is 72.9 cm³/mol. The van der Waals surface area contributed by atoms with Crippen molar-refractivity contribution in [2.24, 2.45) is 0 Å². The third-order valence-corrected chi connectivity index (χ3v) is 3.25. The highest BCUT2D eigenvalue weighted by atomic mass is 32.2. The first-order chi connectivity index (χ1) is 8.16. The molecular formula is C13H15N3S. The number of thioether (sulfide) groups is 1. The number of rotatable bonds is 3. The molecule has 0 atom stereocenters. The molecule has 88 valence electrons. The topological polar surface area (TPSA) is 51.8 Å². The number of nitrogens with two attached hydrogens (primary N) is 1. The largest absolute Gasteiger partial charge is 0.384 e. The average Bonchev–Trinajstić information content (AvgIpc) is 2.29. The Morgan fingerprint density at radius 1 is 1.18 bits per heavy atom. The number of anilines is 1. The van der Waals surface area contributed by atoms with E-state index in [1.807, 2.05) is 18.2 Å². The predicted octanol–water partition coefficient (Wildman–Crippen LogP) is 3.23. The van der Waals surface area contributed by atoms with Crippen LogP contribution >= 0.6 is 11.8 Å². The van der Waals surface area contributed by atoms with Crippen LogP contribution in [0.25, 0.3) is 11.4 Å². The van der Waals surface area contributed by atoms with Gasteiger partial charge in [0.25, 0.3) is 0 Å². The lowest BCUT2D eigenvalue weighted by Gasteiger charge is -2.10. The third kappa shape index (κ3) is 2.97. The van der Waals surface area contributed by atoms with Gasteiger partial charge >= 0.3 is 0 Å². The first kappa shape index (κ1) is 11.9. The molecule has 2 rings (SSSR count). The van der Waals surface area contributed by atoms with Crippen molar-refractivity contribution < 1.29 is 0 Å². The lowest BCUT2D eigenvalue weighted by atomic mass is 10.2. The van der Waals surface area contributed by atoms with E-state index in [1.54, 1.807) is 24.0 Å². The Balaban J connectivity index is 2.44. The molecule has 2 aromatic rings. The molecule has 0 fully saturated rings. The second-order valence-electron chi connectivity index (χ2n) is 3.97. The zero-order valence-corrected chi connectivity index (χ0v) is 10.7. The molecule has 0 unspecified atom stereocenters. The summed E-state index contributed by atoms with van der Waals surface area (Å²) in [5.74, 6) is 1.19. The van der Waals surface area contributed by atoms with Crippen LogP contribution in [0.4, 0.5) is 5.82 Å². The van der Waals surface area contributed by atoms with Crippen molar-refractivity contribution >= 4 is 17.6 Å². The summed E-state index contributed by atoms with van der Waals surface area (Å²) in [7, 11) is 0. The maximum Gasteiger partial charge on any atom is 0.162 e. The molecule has 17 heavy (non-hydrogen) atoms. The molecule has 0 bridgehead atoms. The molecule has 4 heteroatoms. The molecule has 0 radical (unpaired) electrons. The molecule has 1 aromatic carbocycles. The van der Waals surface area contributed by atoms with Gasteiger partial charge in [0.15, 0.2) is 5.82 Å². The number of nitrogen functional groups attached to an aromatic ring is 1. The summed E-state index contributed by atoms with van der Waals surface area (Å²) in [5.41, 5.74) is 6.73. The first-order valence-electron chi connectivity index (χ1n) is 5.51. The highest BCUT2D eigenvalue weighted by molar-refractivity contribution is 8.00. The average molecular weight is 245 g/mol. The van der Waals surface area contributed by atoms with E-state index in [2.05, 4.69) is 29.9 Å². The van der Waals surface area contributed by atoms with Crippen LogP contribution in [0.1, 0.15) is 13.8 Å². The molecule has 2 N–H and O–H groups in total. The summed E-state index contributed by atoms with van der Waals surface area (Å²) >= 11 is 1.80. The lowest BCUT2D eigenvalue weighted by Crippen LogP contribution is -1.96. The highest BCUT2D eigenvalue weighted by Gasteiger charge is 2.09. The quantitative estimate of drug-likeness (QED) is 0.843. The Morgan fingerprint density at radius 2 is 1.94 bits per heavy atom. The maximum absolute atomic E-state index is 5.69. The molecule has 0 spiro atoms. The highest BCUT2D eigenvalue weighted by Crippen LogP contribution is 2.31. The van der Waals surface area contributed by atoms with Crippen LogP contribution in [0, 0.1) is 0 Å². The van der Waals surface area contributed by atoms with Crippen LogP contribution in [-0.4, -0.2) is 15.2 Å². The van der Waals surface area contributed by atoms with Crippen molar-refractivity contribution in [3.63, 3.8) is 0 Å². The number of hydrogen-bond acceptors (Lipinski definition) is 4. The van der Waals surface area contributed by atoms with E-state index in [9.17, 15) is 0 Å². The van der Waals surface area contributed by atoms with Gasteiger partial charge in [-0.05, 0) is 12.1 Å². The van der Waals surface area contributed by atoms with Gasteiger partial charge < -0.3 is 5.73 Å². The Labute approximate surface area is 105 Å². The Bertz CT molecular complexity index is 512. The monoisotopic (exact) mass is 245 g/mol. The molecule has 3 nitrogen and oxygen atoms in total.